The molecule has 22 heavy (non-hydrogen) atoms. The van der Waals surface area contributed by atoms with E-state index in [0.29, 0.717) is 16.6 Å². The topological polar surface area (TPSA) is 80.2 Å². The van der Waals surface area contributed by atoms with Crippen LogP contribution < -0.4 is 5.56 Å². The highest BCUT2D eigenvalue weighted by Gasteiger charge is 2.12. The van der Waals surface area contributed by atoms with E-state index in [1.807, 2.05) is 42.5 Å². The Labute approximate surface area is 125 Å². The highest BCUT2D eigenvalue weighted by atomic mass is 16.4. The van der Waals surface area contributed by atoms with Crippen LogP contribution in [0.3, 0.4) is 0 Å². The Balaban J connectivity index is 2.40. The van der Waals surface area contributed by atoms with Crippen LogP contribution in [0.4, 0.5) is 0 Å². The Morgan fingerprint density at radius 3 is 2.36 bits per heavy atom. The minimum absolute atomic E-state index is 0.0671. The van der Waals surface area contributed by atoms with Gasteiger partial charge < -0.3 is 5.11 Å². The Kier molecular flexibility index (Phi) is 3.62. The molecule has 3 aromatic rings. The first-order valence-electron chi connectivity index (χ1n) is 6.72. The lowest BCUT2D eigenvalue weighted by atomic mass is 10.1. The van der Waals surface area contributed by atoms with E-state index in [0.717, 1.165) is 5.56 Å². The minimum atomic E-state index is -1.11. The lowest BCUT2D eigenvalue weighted by molar-refractivity contribution is -0.136. The van der Waals surface area contributed by atoms with Crippen LogP contribution in [-0.4, -0.2) is 21.0 Å². The van der Waals surface area contributed by atoms with Crippen molar-refractivity contribution in [2.45, 2.75) is 6.42 Å². The molecule has 0 spiro atoms. The van der Waals surface area contributed by atoms with Crippen molar-refractivity contribution < 1.29 is 9.90 Å². The molecule has 0 aliphatic rings. The third-order valence-electron chi connectivity index (χ3n) is 3.24. The number of para-hydroxylation sites is 1. The van der Waals surface area contributed by atoms with Crippen molar-refractivity contribution in [1.29, 1.82) is 0 Å². The third kappa shape index (κ3) is 2.69. The summed E-state index contributed by atoms with van der Waals surface area (Å²) in [6.07, 6.45) is -0.452. The maximum Gasteiger partial charge on any atom is 0.309 e. The molecule has 108 valence electrons. The number of benzene rings is 2. The van der Waals surface area contributed by atoms with Gasteiger partial charge in [0.1, 0.15) is 5.69 Å². The first-order valence-corrected chi connectivity index (χ1v) is 6.72. The summed E-state index contributed by atoms with van der Waals surface area (Å²) in [6, 6.07) is 16.5. The third-order valence-corrected chi connectivity index (χ3v) is 3.24. The predicted molar refractivity (Wildman–Crippen MR) is 82.6 cm³/mol. The summed E-state index contributed by atoms with van der Waals surface area (Å²) in [4.78, 5) is 31.4. The number of hydrogen-bond acceptors (Lipinski definition) is 4. The van der Waals surface area contributed by atoms with Crippen LogP contribution in [0.15, 0.2) is 59.4 Å². The van der Waals surface area contributed by atoms with Crippen molar-refractivity contribution in [2.75, 3.05) is 0 Å². The molecule has 5 nitrogen and oxygen atoms in total. The first-order chi connectivity index (χ1) is 10.6. The standard InChI is InChI=1S/C17H12N2O3/c20-15(21)10-14-17(22)19-13-9-5-4-8-12(13)16(18-14)11-6-2-1-3-7-11/h1-9H,10H2,(H,20,21). The van der Waals surface area contributed by atoms with E-state index in [4.69, 9.17) is 5.11 Å². The molecule has 3 rings (SSSR count). The van der Waals surface area contributed by atoms with Gasteiger partial charge in [0.2, 0.25) is 0 Å². The first kappa shape index (κ1) is 13.9. The zero-order chi connectivity index (χ0) is 15.5. The SMILES string of the molecule is O=C(O)Cc1nc(-c2ccccc2)c2ccccc2nc1=O. The summed E-state index contributed by atoms with van der Waals surface area (Å²) in [5.41, 5.74) is 1.18. The second-order valence-corrected chi connectivity index (χ2v) is 4.78. The predicted octanol–water partition coefficient (Wildman–Crippen LogP) is 2.28. The molecular weight excluding hydrogens is 280 g/mol. The zero-order valence-electron chi connectivity index (χ0n) is 11.6. The number of carboxylic acid groups (broad SMARTS) is 1. The quantitative estimate of drug-likeness (QED) is 0.801. The van der Waals surface area contributed by atoms with Crippen LogP contribution in [0.2, 0.25) is 0 Å². The fraction of sp³-hybridized carbons (Fsp3) is 0.0588. The number of rotatable bonds is 3. The van der Waals surface area contributed by atoms with Crippen LogP contribution in [0.25, 0.3) is 22.2 Å². The molecule has 0 saturated heterocycles. The van der Waals surface area contributed by atoms with Gasteiger partial charge in [0.05, 0.1) is 17.6 Å². The van der Waals surface area contributed by atoms with Gasteiger partial charge in [-0.05, 0) is 6.07 Å². The zero-order valence-corrected chi connectivity index (χ0v) is 11.6. The van der Waals surface area contributed by atoms with Gasteiger partial charge in [-0.3, -0.25) is 9.59 Å². The fourth-order valence-electron chi connectivity index (χ4n) is 2.26. The summed E-state index contributed by atoms with van der Waals surface area (Å²) < 4.78 is 0. The van der Waals surface area contributed by atoms with E-state index >= 15 is 0 Å². The molecule has 0 aliphatic heterocycles. The van der Waals surface area contributed by atoms with Crippen LogP contribution in [0.1, 0.15) is 5.69 Å². The molecule has 0 radical (unpaired) electrons. The molecule has 0 atom stereocenters. The van der Waals surface area contributed by atoms with Crippen molar-refractivity contribution >= 4 is 16.9 Å². The molecule has 0 bridgehead atoms. The van der Waals surface area contributed by atoms with Crippen LogP contribution in [-0.2, 0) is 11.2 Å². The second-order valence-electron chi connectivity index (χ2n) is 4.78. The van der Waals surface area contributed by atoms with E-state index in [2.05, 4.69) is 9.97 Å². The Bertz CT molecular complexity index is 908. The number of nitrogens with zero attached hydrogens (tertiary/aromatic N) is 2. The number of carboxylic acids is 1. The molecule has 0 fully saturated rings. The van der Waals surface area contributed by atoms with Gasteiger partial charge in [-0.1, -0.05) is 48.5 Å². The summed E-state index contributed by atoms with van der Waals surface area (Å²) in [7, 11) is 0. The molecule has 2 aromatic carbocycles. The van der Waals surface area contributed by atoms with Crippen molar-refractivity contribution in [3.63, 3.8) is 0 Å². The normalized spacial score (nSPS) is 10.5. The van der Waals surface area contributed by atoms with E-state index in [-0.39, 0.29) is 5.69 Å². The number of aliphatic carboxylic acids is 1. The van der Waals surface area contributed by atoms with Crippen LogP contribution in [0.5, 0.6) is 0 Å². The Morgan fingerprint density at radius 2 is 1.64 bits per heavy atom. The molecule has 1 aromatic heterocycles. The maximum atomic E-state index is 12.1. The summed E-state index contributed by atoms with van der Waals surface area (Å²) in [6.45, 7) is 0. The molecule has 0 saturated carbocycles. The summed E-state index contributed by atoms with van der Waals surface area (Å²) >= 11 is 0. The van der Waals surface area contributed by atoms with E-state index in [1.165, 1.54) is 0 Å². The van der Waals surface area contributed by atoms with Crippen LogP contribution in [0, 0.1) is 0 Å². The Morgan fingerprint density at radius 1 is 0.955 bits per heavy atom. The average Bonchev–Trinajstić information content (AvgIpc) is 2.65. The second kappa shape index (κ2) is 5.73. The highest BCUT2D eigenvalue weighted by molar-refractivity contribution is 5.91. The van der Waals surface area contributed by atoms with Gasteiger partial charge in [0.25, 0.3) is 5.56 Å². The average molecular weight is 292 g/mol. The molecule has 1 heterocycles. The smallest absolute Gasteiger partial charge is 0.309 e. The molecule has 0 unspecified atom stereocenters. The lowest BCUT2D eigenvalue weighted by Crippen LogP contribution is -2.15. The van der Waals surface area contributed by atoms with Crippen molar-refractivity contribution in [3.05, 3.63) is 70.6 Å². The largest absolute Gasteiger partial charge is 0.481 e. The molecule has 0 amide bonds. The van der Waals surface area contributed by atoms with Gasteiger partial charge in [0.15, 0.2) is 0 Å². The number of fused-ring (bicyclic) bond motifs is 1. The number of aromatic nitrogens is 2. The van der Waals surface area contributed by atoms with Gasteiger partial charge >= 0.3 is 5.97 Å². The van der Waals surface area contributed by atoms with E-state index in [1.54, 1.807) is 12.1 Å². The van der Waals surface area contributed by atoms with Crippen molar-refractivity contribution in [3.8, 4) is 11.3 Å². The van der Waals surface area contributed by atoms with E-state index < -0.39 is 17.9 Å². The molecular formula is C17H12N2O3. The van der Waals surface area contributed by atoms with Crippen molar-refractivity contribution in [1.82, 2.24) is 9.97 Å². The van der Waals surface area contributed by atoms with Gasteiger partial charge in [-0.25, -0.2) is 9.97 Å². The lowest BCUT2D eigenvalue weighted by Gasteiger charge is -2.01. The fourth-order valence-corrected chi connectivity index (χ4v) is 2.26. The number of hydrogen-bond donors (Lipinski definition) is 1. The summed E-state index contributed by atoms with van der Waals surface area (Å²) in [5.74, 6) is -1.11. The van der Waals surface area contributed by atoms with E-state index in [9.17, 15) is 9.59 Å². The Hall–Kier alpha value is -3.08. The molecule has 5 heteroatoms. The molecule has 1 N–H and O–H groups in total. The van der Waals surface area contributed by atoms with Gasteiger partial charge in [0, 0.05) is 10.9 Å². The minimum Gasteiger partial charge on any atom is -0.481 e. The monoisotopic (exact) mass is 292 g/mol. The molecule has 0 aliphatic carbocycles. The highest BCUT2D eigenvalue weighted by Crippen LogP contribution is 2.24. The summed E-state index contributed by atoms with van der Waals surface area (Å²) in [5, 5.41) is 9.68. The van der Waals surface area contributed by atoms with Gasteiger partial charge in [-0.2, -0.15) is 0 Å². The number of carbonyl (C=O) groups is 1. The van der Waals surface area contributed by atoms with Crippen molar-refractivity contribution in [2.24, 2.45) is 0 Å². The maximum absolute atomic E-state index is 12.1. The van der Waals surface area contributed by atoms with Gasteiger partial charge in [-0.15, -0.1) is 0 Å². The van der Waals surface area contributed by atoms with Crippen LogP contribution >= 0.6 is 0 Å².